The van der Waals surface area contributed by atoms with Crippen molar-refractivity contribution in [3.63, 3.8) is 0 Å². The predicted octanol–water partition coefficient (Wildman–Crippen LogP) is 3.17. The molecule has 0 radical (unpaired) electrons. The number of benzene rings is 1. The van der Waals surface area contributed by atoms with E-state index in [9.17, 15) is 4.79 Å². The predicted molar refractivity (Wildman–Crippen MR) is 106 cm³/mol. The van der Waals surface area contributed by atoms with Gasteiger partial charge < -0.3 is 15.1 Å². The first-order valence-electron chi connectivity index (χ1n) is 9.11. The SMILES string of the molecule is CCN1CCN(C(=O)c2ccnc(NCCc3ccc(Cl)cc3)c2)CC1. The molecular weight excluding hydrogens is 348 g/mol. The minimum atomic E-state index is 0.0869. The molecule has 2 heterocycles. The highest BCUT2D eigenvalue weighted by Crippen LogP contribution is 2.13. The third-order valence-corrected chi connectivity index (χ3v) is 5.00. The summed E-state index contributed by atoms with van der Waals surface area (Å²) in [5, 5.41) is 4.04. The van der Waals surface area contributed by atoms with E-state index in [0.717, 1.165) is 56.5 Å². The van der Waals surface area contributed by atoms with Gasteiger partial charge in [0, 0.05) is 49.5 Å². The molecule has 0 atom stereocenters. The van der Waals surface area contributed by atoms with Gasteiger partial charge in [-0.3, -0.25) is 4.79 Å². The van der Waals surface area contributed by atoms with E-state index >= 15 is 0 Å². The topological polar surface area (TPSA) is 48.5 Å². The smallest absolute Gasteiger partial charge is 0.254 e. The van der Waals surface area contributed by atoms with E-state index < -0.39 is 0 Å². The van der Waals surface area contributed by atoms with Crippen molar-refractivity contribution >= 4 is 23.3 Å². The summed E-state index contributed by atoms with van der Waals surface area (Å²) in [4.78, 5) is 21.3. The highest BCUT2D eigenvalue weighted by molar-refractivity contribution is 6.30. The zero-order chi connectivity index (χ0) is 18.4. The summed E-state index contributed by atoms with van der Waals surface area (Å²) in [5.41, 5.74) is 1.90. The van der Waals surface area contributed by atoms with Gasteiger partial charge in [-0.1, -0.05) is 30.7 Å². The number of amides is 1. The van der Waals surface area contributed by atoms with Crippen LogP contribution < -0.4 is 5.32 Å². The van der Waals surface area contributed by atoms with Crippen LogP contribution >= 0.6 is 11.6 Å². The maximum atomic E-state index is 12.7. The summed E-state index contributed by atoms with van der Waals surface area (Å²) < 4.78 is 0. The summed E-state index contributed by atoms with van der Waals surface area (Å²) in [6.45, 7) is 7.41. The number of halogens is 1. The lowest BCUT2D eigenvalue weighted by Crippen LogP contribution is -2.48. The number of aromatic nitrogens is 1. The second kappa shape index (κ2) is 9.01. The Kier molecular flexibility index (Phi) is 6.47. The Bertz CT molecular complexity index is 727. The number of carbonyl (C=O) groups is 1. The van der Waals surface area contributed by atoms with E-state index in [1.54, 1.807) is 12.3 Å². The van der Waals surface area contributed by atoms with Crippen molar-refractivity contribution in [2.75, 3.05) is 44.6 Å². The second-order valence-electron chi connectivity index (χ2n) is 6.46. The average molecular weight is 373 g/mol. The molecule has 0 saturated carbocycles. The number of hydrogen-bond acceptors (Lipinski definition) is 4. The molecule has 1 fully saturated rings. The van der Waals surface area contributed by atoms with Gasteiger partial charge in [-0.15, -0.1) is 0 Å². The molecular formula is C20H25ClN4O. The zero-order valence-electron chi connectivity index (χ0n) is 15.1. The number of carbonyl (C=O) groups excluding carboxylic acids is 1. The van der Waals surface area contributed by atoms with Crippen LogP contribution in [0.2, 0.25) is 5.02 Å². The maximum absolute atomic E-state index is 12.7. The van der Waals surface area contributed by atoms with Crippen LogP contribution in [0, 0.1) is 0 Å². The standard InChI is InChI=1S/C20H25ClN4O/c1-2-24-11-13-25(14-12-24)20(26)17-8-10-23-19(15-17)22-9-7-16-3-5-18(21)6-4-16/h3-6,8,10,15H,2,7,9,11-14H2,1H3,(H,22,23). The quantitative estimate of drug-likeness (QED) is 0.846. The molecule has 6 heteroatoms. The molecule has 3 rings (SSSR count). The number of likely N-dealkylation sites (N-methyl/N-ethyl adjacent to an activating group) is 1. The van der Waals surface area contributed by atoms with Gasteiger partial charge in [0.2, 0.25) is 0 Å². The Balaban J connectivity index is 1.54. The summed E-state index contributed by atoms with van der Waals surface area (Å²) in [7, 11) is 0. The number of hydrogen-bond donors (Lipinski definition) is 1. The largest absolute Gasteiger partial charge is 0.370 e. The third kappa shape index (κ3) is 4.96. The fraction of sp³-hybridized carbons (Fsp3) is 0.400. The van der Waals surface area contributed by atoms with Crippen molar-refractivity contribution < 1.29 is 4.79 Å². The van der Waals surface area contributed by atoms with Gasteiger partial charge in [-0.05, 0) is 42.8 Å². The van der Waals surface area contributed by atoms with Crippen LogP contribution in [0.15, 0.2) is 42.6 Å². The van der Waals surface area contributed by atoms with Crippen LogP contribution in [-0.2, 0) is 6.42 Å². The van der Waals surface area contributed by atoms with E-state index in [1.807, 2.05) is 35.2 Å². The van der Waals surface area contributed by atoms with Gasteiger partial charge >= 0.3 is 0 Å². The molecule has 5 nitrogen and oxygen atoms in total. The molecule has 1 aliphatic heterocycles. The van der Waals surface area contributed by atoms with E-state index in [1.165, 1.54) is 5.56 Å². The van der Waals surface area contributed by atoms with Crippen molar-refractivity contribution in [3.8, 4) is 0 Å². The van der Waals surface area contributed by atoms with Gasteiger partial charge in [0.05, 0.1) is 0 Å². The highest BCUT2D eigenvalue weighted by atomic mass is 35.5. The zero-order valence-corrected chi connectivity index (χ0v) is 15.9. The normalized spacial score (nSPS) is 15.1. The molecule has 1 aromatic heterocycles. The van der Waals surface area contributed by atoms with E-state index in [0.29, 0.717) is 5.56 Å². The lowest BCUT2D eigenvalue weighted by atomic mass is 10.1. The molecule has 1 amide bonds. The van der Waals surface area contributed by atoms with Gasteiger partial charge in [-0.2, -0.15) is 0 Å². The monoisotopic (exact) mass is 372 g/mol. The molecule has 138 valence electrons. The Morgan fingerprint density at radius 3 is 2.58 bits per heavy atom. The fourth-order valence-corrected chi connectivity index (χ4v) is 3.22. The minimum Gasteiger partial charge on any atom is -0.370 e. The molecule has 1 aliphatic rings. The maximum Gasteiger partial charge on any atom is 0.254 e. The first kappa shape index (κ1) is 18.7. The highest BCUT2D eigenvalue weighted by Gasteiger charge is 2.21. The Morgan fingerprint density at radius 2 is 1.88 bits per heavy atom. The molecule has 0 spiro atoms. The summed E-state index contributed by atoms with van der Waals surface area (Å²) in [6, 6.07) is 11.5. The van der Waals surface area contributed by atoms with Gasteiger partial charge in [0.25, 0.3) is 5.91 Å². The molecule has 2 aromatic rings. The second-order valence-corrected chi connectivity index (χ2v) is 6.90. The van der Waals surface area contributed by atoms with Crippen molar-refractivity contribution in [1.82, 2.24) is 14.8 Å². The Morgan fingerprint density at radius 1 is 1.15 bits per heavy atom. The minimum absolute atomic E-state index is 0.0869. The molecule has 0 aliphatic carbocycles. The molecule has 1 aromatic carbocycles. The van der Waals surface area contributed by atoms with Gasteiger partial charge in [0.15, 0.2) is 0 Å². The van der Waals surface area contributed by atoms with Gasteiger partial charge in [-0.25, -0.2) is 4.98 Å². The number of nitrogens with zero attached hydrogens (tertiary/aromatic N) is 3. The van der Waals surface area contributed by atoms with Crippen molar-refractivity contribution in [2.24, 2.45) is 0 Å². The molecule has 0 unspecified atom stereocenters. The number of pyridine rings is 1. The van der Waals surface area contributed by atoms with E-state index in [2.05, 4.69) is 22.1 Å². The summed E-state index contributed by atoms with van der Waals surface area (Å²) >= 11 is 5.90. The molecule has 0 bridgehead atoms. The van der Waals surface area contributed by atoms with Crippen LogP contribution in [-0.4, -0.2) is 60.0 Å². The third-order valence-electron chi connectivity index (χ3n) is 4.75. The summed E-state index contributed by atoms with van der Waals surface area (Å²) in [5.74, 6) is 0.820. The molecule has 1 N–H and O–H groups in total. The fourth-order valence-electron chi connectivity index (χ4n) is 3.10. The van der Waals surface area contributed by atoms with E-state index in [-0.39, 0.29) is 5.91 Å². The number of rotatable bonds is 6. The van der Waals surface area contributed by atoms with Crippen LogP contribution in [0.4, 0.5) is 5.82 Å². The van der Waals surface area contributed by atoms with Gasteiger partial charge in [0.1, 0.15) is 5.82 Å². The average Bonchev–Trinajstić information content (AvgIpc) is 2.69. The number of nitrogens with one attached hydrogen (secondary N) is 1. The lowest BCUT2D eigenvalue weighted by Gasteiger charge is -2.34. The van der Waals surface area contributed by atoms with Crippen LogP contribution in [0.1, 0.15) is 22.8 Å². The van der Waals surface area contributed by atoms with Crippen molar-refractivity contribution in [1.29, 1.82) is 0 Å². The molecule has 26 heavy (non-hydrogen) atoms. The van der Waals surface area contributed by atoms with Crippen molar-refractivity contribution in [3.05, 3.63) is 58.7 Å². The van der Waals surface area contributed by atoms with Crippen LogP contribution in [0.3, 0.4) is 0 Å². The van der Waals surface area contributed by atoms with Crippen LogP contribution in [0.5, 0.6) is 0 Å². The van der Waals surface area contributed by atoms with Crippen LogP contribution in [0.25, 0.3) is 0 Å². The number of anilines is 1. The lowest BCUT2D eigenvalue weighted by molar-refractivity contribution is 0.0643. The Hall–Kier alpha value is -2.11. The summed E-state index contributed by atoms with van der Waals surface area (Å²) in [6.07, 6.45) is 2.57. The molecule has 1 saturated heterocycles. The first-order chi connectivity index (χ1) is 12.7. The first-order valence-corrected chi connectivity index (χ1v) is 9.49. The van der Waals surface area contributed by atoms with Crippen molar-refractivity contribution in [2.45, 2.75) is 13.3 Å². The Labute approximate surface area is 160 Å². The number of piperazine rings is 1. The van der Waals surface area contributed by atoms with E-state index in [4.69, 9.17) is 11.6 Å².